The summed E-state index contributed by atoms with van der Waals surface area (Å²) in [5.41, 5.74) is 3.46. The van der Waals surface area contributed by atoms with E-state index in [0.717, 1.165) is 28.9 Å². The molecular weight excluding hydrogens is 425 g/mol. The minimum absolute atomic E-state index is 0.0422. The van der Waals surface area contributed by atoms with Gasteiger partial charge in [0, 0.05) is 17.3 Å². The zero-order valence-electron chi connectivity index (χ0n) is 18.7. The third-order valence-corrected chi connectivity index (χ3v) is 5.39. The lowest BCUT2D eigenvalue weighted by Crippen LogP contribution is -2.12. The summed E-state index contributed by atoms with van der Waals surface area (Å²) in [4.78, 5) is 15.8. The van der Waals surface area contributed by atoms with Gasteiger partial charge in [-0.25, -0.2) is 4.85 Å². The minimum atomic E-state index is -4.40. The van der Waals surface area contributed by atoms with Crippen LogP contribution in [0.15, 0.2) is 66.7 Å². The van der Waals surface area contributed by atoms with Gasteiger partial charge in [0.2, 0.25) is 0 Å². The summed E-state index contributed by atoms with van der Waals surface area (Å²) in [6, 6.07) is 17.6. The molecule has 0 aliphatic carbocycles. The van der Waals surface area contributed by atoms with E-state index in [2.05, 4.69) is 10.2 Å². The molecule has 6 heteroatoms. The fourth-order valence-corrected chi connectivity index (χ4v) is 3.74. The van der Waals surface area contributed by atoms with Gasteiger partial charge < -0.3 is 5.32 Å². The summed E-state index contributed by atoms with van der Waals surface area (Å²) in [6.45, 7) is 12.7. The van der Waals surface area contributed by atoms with Gasteiger partial charge in [0.25, 0.3) is 0 Å². The fraction of sp³-hybridized carbons (Fsp3) is 0.259. The minimum Gasteiger partial charge on any atom is -0.356 e. The molecule has 3 rings (SSSR count). The second-order valence-electron chi connectivity index (χ2n) is 8.50. The molecule has 0 radical (unpaired) electrons. The van der Waals surface area contributed by atoms with Gasteiger partial charge in [-0.05, 0) is 72.4 Å². The van der Waals surface area contributed by atoms with Crippen molar-refractivity contribution in [3.63, 3.8) is 0 Å². The van der Waals surface area contributed by atoms with Gasteiger partial charge in [-0.15, -0.1) is 0 Å². The molecule has 3 aromatic rings. The van der Waals surface area contributed by atoms with Crippen LogP contribution in [0, 0.1) is 12.5 Å². The van der Waals surface area contributed by atoms with Crippen LogP contribution < -0.4 is 5.32 Å². The van der Waals surface area contributed by atoms with Gasteiger partial charge in [0.05, 0.1) is 12.1 Å². The maximum atomic E-state index is 13.0. The molecule has 0 aromatic heterocycles. The van der Waals surface area contributed by atoms with Crippen LogP contribution in [0.5, 0.6) is 0 Å². The van der Waals surface area contributed by atoms with Crippen LogP contribution in [-0.4, -0.2) is 5.78 Å². The van der Waals surface area contributed by atoms with Gasteiger partial charge in [-0.1, -0.05) is 44.2 Å². The van der Waals surface area contributed by atoms with Crippen molar-refractivity contribution in [3.05, 3.63) is 89.3 Å². The first kappa shape index (κ1) is 24.1. The summed E-state index contributed by atoms with van der Waals surface area (Å²) in [7, 11) is 0. The Hall–Kier alpha value is -3.59. The fourth-order valence-electron chi connectivity index (χ4n) is 3.74. The van der Waals surface area contributed by atoms with E-state index in [1.165, 1.54) is 12.1 Å². The van der Waals surface area contributed by atoms with E-state index in [0.29, 0.717) is 29.3 Å². The number of ketones is 1. The average molecular weight is 451 g/mol. The number of hydrogen-bond donors (Lipinski definition) is 1. The zero-order valence-corrected chi connectivity index (χ0v) is 18.7. The van der Waals surface area contributed by atoms with Crippen LogP contribution in [-0.2, 0) is 11.0 Å². The van der Waals surface area contributed by atoms with E-state index in [1.54, 1.807) is 31.2 Å². The second-order valence-corrected chi connectivity index (χ2v) is 8.50. The lowest BCUT2D eigenvalue weighted by Gasteiger charge is -2.20. The molecule has 0 fully saturated rings. The lowest BCUT2D eigenvalue weighted by molar-refractivity contribution is -0.137. The third kappa shape index (κ3) is 6.23. The second kappa shape index (κ2) is 9.91. The lowest BCUT2D eigenvalue weighted by atomic mass is 9.85. The number of rotatable bonds is 7. The van der Waals surface area contributed by atoms with Gasteiger partial charge in [0.15, 0.2) is 5.69 Å². The molecule has 0 bridgehead atoms. The Balaban J connectivity index is 2.06. The third-order valence-electron chi connectivity index (χ3n) is 5.39. The van der Waals surface area contributed by atoms with Crippen molar-refractivity contribution >= 4 is 22.8 Å². The molecule has 0 heterocycles. The van der Waals surface area contributed by atoms with Gasteiger partial charge in [-0.2, -0.15) is 13.2 Å². The molecule has 3 aromatic carbocycles. The van der Waals surface area contributed by atoms with E-state index >= 15 is 0 Å². The topological polar surface area (TPSA) is 33.5 Å². The van der Waals surface area contributed by atoms with Crippen LogP contribution >= 0.6 is 0 Å². The summed E-state index contributed by atoms with van der Waals surface area (Å²) in [6.07, 6.45) is -3.73. The monoisotopic (exact) mass is 450 g/mol. The summed E-state index contributed by atoms with van der Waals surface area (Å²) in [5, 5.41) is 3.29. The van der Waals surface area contributed by atoms with Crippen LogP contribution in [0.4, 0.5) is 30.2 Å². The number of nitrogens with one attached hydrogen (secondary N) is 1. The van der Waals surface area contributed by atoms with Crippen molar-refractivity contribution in [3.8, 4) is 11.1 Å². The highest BCUT2D eigenvalue weighted by molar-refractivity contribution is 5.85. The molecule has 3 nitrogen and oxygen atoms in total. The van der Waals surface area contributed by atoms with E-state index in [-0.39, 0.29) is 11.7 Å². The number of benzene rings is 3. The Bertz CT molecular complexity index is 1160. The zero-order chi connectivity index (χ0) is 24.2. The van der Waals surface area contributed by atoms with E-state index in [4.69, 9.17) is 6.57 Å². The molecule has 170 valence electrons. The molecule has 33 heavy (non-hydrogen) atoms. The molecule has 0 aliphatic rings. The van der Waals surface area contributed by atoms with E-state index < -0.39 is 11.7 Å². The Labute approximate surface area is 192 Å². The molecule has 0 amide bonds. The summed E-state index contributed by atoms with van der Waals surface area (Å²) in [5.74, 6) is 0.0243. The number of alkyl halides is 3. The van der Waals surface area contributed by atoms with Crippen molar-refractivity contribution in [2.24, 2.45) is 5.92 Å². The SMILES string of the molecule is [C-]#[N+]c1ccc(Nc2cc(-c3ccc(C(F)(F)F)cc3)cc(C(CC(C)C)C(C)=O)c2)cc1. The number of anilines is 2. The summed E-state index contributed by atoms with van der Waals surface area (Å²) >= 11 is 0. The first-order valence-corrected chi connectivity index (χ1v) is 10.6. The quantitative estimate of drug-likeness (QED) is 0.367. The molecular formula is C27H25F3N2O. The largest absolute Gasteiger partial charge is 0.416 e. The van der Waals surface area contributed by atoms with Crippen molar-refractivity contribution < 1.29 is 18.0 Å². The van der Waals surface area contributed by atoms with Crippen LogP contribution in [0.25, 0.3) is 16.0 Å². The number of carbonyl (C=O) groups excluding carboxylic acids is 1. The molecule has 0 spiro atoms. The standard InChI is InChI=1S/C27H25F3N2O/c1-17(2)13-26(18(3)33)21-14-20(19-5-7-22(8-6-19)27(28,29)30)15-25(16-21)32-24-11-9-23(31-4)10-12-24/h5-12,14-17,26,32H,13H2,1-3H3. The summed E-state index contributed by atoms with van der Waals surface area (Å²) < 4.78 is 39.0. The normalized spacial score (nSPS) is 12.3. The highest BCUT2D eigenvalue weighted by Gasteiger charge is 2.30. The molecule has 0 aliphatic heterocycles. The molecule has 0 saturated heterocycles. The first-order valence-electron chi connectivity index (χ1n) is 10.6. The molecule has 1 N–H and O–H groups in total. The van der Waals surface area contributed by atoms with Crippen molar-refractivity contribution in [2.45, 2.75) is 39.3 Å². The average Bonchev–Trinajstić information content (AvgIpc) is 2.77. The number of hydrogen-bond acceptors (Lipinski definition) is 2. The number of Topliss-reactive ketones (excluding diaryl/α,β-unsaturated/α-hetero) is 1. The van der Waals surface area contributed by atoms with Gasteiger partial charge >= 0.3 is 6.18 Å². The van der Waals surface area contributed by atoms with Crippen molar-refractivity contribution in [2.75, 3.05) is 5.32 Å². The van der Waals surface area contributed by atoms with Crippen LogP contribution in [0.2, 0.25) is 0 Å². The molecule has 0 saturated carbocycles. The van der Waals surface area contributed by atoms with E-state index in [1.807, 2.05) is 32.0 Å². The maximum Gasteiger partial charge on any atom is 0.416 e. The smallest absolute Gasteiger partial charge is 0.356 e. The van der Waals surface area contributed by atoms with Gasteiger partial charge in [-0.3, -0.25) is 4.79 Å². The van der Waals surface area contributed by atoms with Crippen molar-refractivity contribution in [1.29, 1.82) is 0 Å². The van der Waals surface area contributed by atoms with Gasteiger partial charge in [0.1, 0.15) is 5.78 Å². The Kier molecular flexibility index (Phi) is 7.23. The van der Waals surface area contributed by atoms with E-state index in [9.17, 15) is 18.0 Å². The maximum absolute atomic E-state index is 13.0. The van der Waals surface area contributed by atoms with Crippen molar-refractivity contribution in [1.82, 2.24) is 0 Å². The molecule has 1 atom stereocenters. The number of carbonyl (C=O) groups is 1. The predicted octanol–water partition coefficient (Wildman–Crippen LogP) is 8.39. The Morgan fingerprint density at radius 1 is 0.939 bits per heavy atom. The highest BCUT2D eigenvalue weighted by atomic mass is 19.4. The number of halogens is 3. The van der Waals surface area contributed by atoms with Crippen LogP contribution in [0.3, 0.4) is 0 Å². The highest BCUT2D eigenvalue weighted by Crippen LogP contribution is 2.35. The first-order chi connectivity index (χ1) is 15.6. The van der Waals surface area contributed by atoms with Crippen LogP contribution in [0.1, 0.15) is 44.2 Å². The Morgan fingerprint density at radius 3 is 2.09 bits per heavy atom. The molecule has 1 unspecified atom stereocenters. The predicted molar refractivity (Wildman–Crippen MR) is 126 cm³/mol. The Morgan fingerprint density at radius 2 is 1.58 bits per heavy atom. The number of nitrogens with zero attached hydrogens (tertiary/aromatic N) is 1.